The molecule has 2 aromatic carbocycles. The number of hydrogen-bond donors (Lipinski definition) is 2. The van der Waals surface area contributed by atoms with E-state index >= 15 is 0 Å². The molecule has 0 saturated carbocycles. The molecule has 2 aliphatic rings. The predicted octanol–water partition coefficient (Wildman–Crippen LogP) is 3.64. The first-order valence-electron chi connectivity index (χ1n) is 12.0. The zero-order valence-electron chi connectivity index (χ0n) is 20.3. The average molecular weight is 481 g/mol. The Hall–Kier alpha value is -3.39. The molecule has 2 atom stereocenters. The second-order valence-electron chi connectivity index (χ2n) is 9.75. The van der Waals surface area contributed by atoms with Crippen LogP contribution in [0.1, 0.15) is 44.2 Å². The Morgan fingerprint density at radius 1 is 1.03 bits per heavy atom. The molecule has 1 fully saturated rings. The molecular weight excluding hydrogens is 448 g/mol. The van der Waals surface area contributed by atoms with Gasteiger partial charge in [-0.15, -0.1) is 0 Å². The summed E-state index contributed by atoms with van der Waals surface area (Å²) >= 11 is 0. The van der Waals surface area contributed by atoms with Crippen molar-refractivity contribution in [3.05, 3.63) is 59.7 Å². The van der Waals surface area contributed by atoms with Gasteiger partial charge in [-0.05, 0) is 43.0 Å². The van der Waals surface area contributed by atoms with Crippen molar-refractivity contribution in [2.24, 2.45) is 5.92 Å². The lowest BCUT2D eigenvalue weighted by atomic mass is 9.98. The molecule has 2 aromatic rings. The summed E-state index contributed by atoms with van der Waals surface area (Å²) in [5.74, 6) is -2.01. The highest BCUT2D eigenvalue weighted by atomic mass is 16.5. The van der Waals surface area contributed by atoms with Crippen LogP contribution in [0.25, 0.3) is 11.1 Å². The first-order chi connectivity index (χ1) is 16.7. The van der Waals surface area contributed by atoms with Gasteiger partial charge in [-0.3, -0.25) is 9.59 Å². The van der Waals surface area contributed by atoms with Gasteiger partial charge in [-0.25, -0.2) is 4.79 Å². The number of aliphatic carboxylic acids is 1. The molecule has 1 aliphatic carbocycles. The molecular formula is C27H32N2O6. The van der Waals surface area contributed by atoms with E-state index < -0.39 is 29.6 Å². The number of likely N-dealkylation sites (tertiary alicyclic amines) is 1. The Labute approximate surface area is 205 Å². The van der Waals surface area contributed by atoms with E-state index in [0.29, 0.717) is 6.61 Å². The minimum atomic E-state index is -0.977. The van der Waals surface area contributed by atoms with Crippen molar-refractivity contribution in [1.82, 2.24) is 10.2 Å². The van der Waals surface area contributed by atoms with Crippen LogP contribution in [0.4, 0.5) is 4.79 Å². The zero-order chi connectivity index (χ0) is 25.2. The van der Waals surface area contributed by atoms with E-state index in [4.69, 9.17) is 9.47 Å². The number of carbonyl (C=O) groups is 3. The quantitative estimate of drug-likeness (QED) is 0.598. The fourth-order valence-corrected chi connectivity index (χ4v) is 5.04. The van der Waals surface area contributed by atoms with E-state index in [1.165, 1.54) is 4.90 Å². The highest BCUT2D eigenvalue weighted by molar-refractivity contribution is 5.81. The molecule has 2 N–H and O–H groups in total. The number of nitrogens with one attached hydrogen (secondary N) is 1. The Kier molecular flexibility index (Phi) is 7.12. The van der Waals surface area contributed by atoms with Crippen molar-refractivity contribution in [2.45, 2.75) is 44.8 Å². The van der Waals surface area contributed by atoms with Gasteiger partial charge in [-0.1, -0.05) is 48.5 Å². The lowest BCUT2D eigenvalue weighted by Crippen LogP contribution is -2.47. The molecule has 0 radical (unpaired) electrons. The van der Waals surface area contributed by atoms with Crippen molar-refractivity contribution in [1.29, 1.82) is 0 Å². The van der Waals surface area contributed by atoms with E-state index in [9.17, 15) is 19.5 Å². The van der Waals surface area contributed by atoms with Crippen molar-refractivity contribution in [3.8, 4) is 11.1 Å². The van der Waals surface area contributed by atoms with Crippen LogP contribution in [-0.4, -0.2) is 65.9 Å². The molecule has 0 spiro atoms. The number of carbonyl (C=O) groups excluding carboxylic acids is 2. The van der Waals surface area contributed by atoms with Crippen molar-refractivity contribution in [3.63, 3.8) is 0 Å². The van der Waals surface area contributed by atoms with Crippen molar-refractivity contribution in [2.75, 3.05) is 26.3 Å². The molecule has 35 heavy (non-hydrogen) atoms. The highest BCUT2D eigenvalue weighted by Gasteiger charge is 2.41. The number of amides is 2. The van der Waals surface area contributed by atoms with Crippen LogP contribution in [0.5, 0.6) is 0 Å². The maximum atomic E-state index is 12.9. The topological polar surface area (TPSA) is 105 Å². The van der Waals surface area contributed by atoms with E-state index in [0.717, 1.165) is 22.3 Å². The summed E-state index contributed by atoms with van der Waals surface area (Å²) in [6.45, 7) is 6.18. The number of hydrogen-bond acceptors (Lipinski definition) is 5. The molecule has 8 heteroatoms. The summed E-state index contributed by atoms with van der Waals surface area (Å²) in [5.41, 5.74) is 3.68. The molecule has 0 aromatic heterocycles. The maximum absolute atomic E-state index is 12.9. The fourth-order valence-electron chi connectivity index (χ4n) is 5.04. The van der Waals surface area contributed by atoms with Crippen LogP contribution in [0.2, 0.25) is 0 Å². The molecule has 1 aliphatic heterocycles. The van der Waals surface area contributed by atoms with E-state index in [2.05, 4.69) is 29.6 Å². The van der Waals surface area contributed by atoms with Crippen molar-refractivity contribution >= 4 is 18.0 Å². The molecule has 2 unspecified atom stereocenters. The van der Waals surface area contributed by atoms with Gasteiger partial charge in [0.15, 0.2) is 0 Å². The van der Waals surface area contributed by atoms with Gasteiger partial charge in [0.05, 0.1) is 6.10 Å². The van der Waals surface area contributed by atoms with Crippen LogP contribution < -0.4 is 5.32 Å². The first kappa shape index (κ1) is 24.7. The largest absolute Gasteiger partial charge is 0.481 e. The zero-order valence-corrected chi connectivity index (χ0v) is 20.3. The number of carboxylic acid groups (broad SMARTS) is 1. The van der Waals surface area contributed by atoms with E-state index in [1.807, 2.05) is 24.3 Å². The number of nitrogens with zero attached hydrogens (tertiary/aromatic N) is 1. The van der Waals surface area contributed by atoms with Crippen LogP contribution in [0, 0.1) is 5.92 Å². The first-order valence-corrected chi connectivity index (χ1v) is 12.0. The Morgan fingerprint density at radius 2 is 1.63 bits per heavy atom. The third kappa shape index (κ3) is 5.32. The van der Waals surface area contributed by atoms with Gasteiger partial charge < -0.3 is 24.8 Å². The lowest BCUT2D eigenvalue weighted by molar-refractivity contribution is -0.145. The Bertz CT molecular complexity index is 1070. The lowest BCUT2D eigenvalue weighted by Gasteiger charge is -2.28. The summed E-state index contributed by atoms with van der Waals surface area (Å²) in [6.07, 6.45) is -1.11. The molecule has 1 saturated heterocycles. The number of benzene rings is 2. The summed E-state index contributed by atoms with van der Waals surface area (Å²) in [5, 5.41) is 12.2. The minimum absolute atomic E-state index is 0.0162. The average Bonchev–Trinajstić information content (AvgIpc) is 3.37. The van der Waals surface area contributed by atoms with Gasteiger partial charge in [-0.2, -0.15) is 0 Å². The van der Waals surface area contributed by atoms with Gasteiger partial charge in [0.25, 0.3) is 0 Å². The Balaban J connectivity index is 1.34. The van der Waals surface area contributed by atoms with Crippen LogP contribution >= 0.6 is 0 Å². The third-order valence-electron chi connectivity index (χ3n) is 6.69. The number of carboxylic acids is 1. The molecule has 8 nitrogen and oxygen atoms in total. The van der Waals surface area contributed by atoms with Gasteiger partial charge in [0, 0.05) is 37.6 Å². The van der Waals surface area contributed by atoms with E-state index in [-0.39, 0.29) is 37.9 Å². The molecule has 1 heterocycles. The second-order valence-corrected chi connectivity index (χ2v) is 9.75. The number of ether oxygens (including phenoxy) is 2. The van der Waals surface area contributed by atoms with Gasteiger partial charge >= 0.3 is 12.1 Å². The Morgan fingerprint density at radius 3 is 2.20 bits per heavy atom. The SMILES string of the molecule is CCOC1CN(C(=O)CC(C)(C)NC(=O)OCC2c3ccccc3-c3ccccc32)CC1C(=O)O. The molecule has 4 rings (SSSR count). The van der Waals surface area contributed by atoms with Crippen LogP contribution in [0.3, 0.4) is 0 Å². The standard InChI is InChI=1S/C27H32N2O6/c1-4-34-23-15-29(14-21(23)25(31)32)24(30)13-27(2,3)28-26(33)35-16-22-19-11-7-5-9-17(19)18-10-6-8-12-20(18)22/h5-12,21-23H,4,13-16H2,1-3H3,(H,28,33)(H,31,32). The van der Waals surface area contributed by atoms with E-state index in [1.54, 1.807) is 20.8 Å². The molecule has 2 amide bonds. The predicted molar refractivity (Wildman–Crippen MR) is 130 cm³/mol. The third-order valence-corrected chi connectivity index (χ3v) is 6.69. The molecule has 186 valence electrons. The maximum Gasteiger partial charge on any atom is 0.407 e. The highest BCUT2D eigenvalue weighted by Crippen LogP contribution is 2.44. The van der Waals surface area contributed by atoms with Crippen LogP contribution in [-0.2, 0) is 19.1 Å². The summed E-state index contributed by atoms with van der Waals surface area (Å²) in [6, 6.07) is 16.2. The van der Waals surface area contributed by atoms with Crippen molar-refractivity contribution < 1.29 is 29.0 Å². The fraction of sp³-hybridized carbons (Fsp3) is 0.444. The number of fused-ring (bicyclic) bond motifs is 3. The van der Waals surface area contributed by atoms with Gasteiger partial charge in [0.2, 0.25) is 5.91 Å². The van der Waals surface area contributed by atoms with Gasteiger partial charge in [0.1, 0.15) is 12.5 Å². The monoisotopic (exact) mass is 480 g/mol. The van der Waals surface area contributed by atoms with Crippen LogP contribution in [0.15, 0.2) is 48.5 Å². The minimum Gasteiger partial charge on any atom is -0.481 e. The number of rotatable bonds is 8. The summed E-state index contributed by atoms with van der Waals surface area (Å²) in [7, 11) is 0. The second kappa shape index (κ2) is 10.1. The summed E-state index contributed by atoms with van der Waals surface area (Å²) < 4.78 is 11.1. The molecule has 0 bridgehead atoms. The summed E-state index contributed by atoms with van der Waals surface area (Å²) in [4.78, 5) is 38.6. The number of alkyl carbamates (subject to hydrolysis) is 1. The normalized spacial score (nSPS) is 19.2. The smallest absolute Gasteiger partial charge is 0.407 e.